The molecule has 0 aliphatic heterocycles. The average Bonchev–Trinajstić information content (AvgIpc) is 2.47. The minimum atomic E-state index is -0.431. The summed E-state index contributed by atoms with van der Waals surface area (Å²) < 4.78 is 9.95. The Kier molecular flexibility index (Phi) is 3.06. The molecule has 0 radical (unpaired) electrons. The highest BCUT2D eigenvalue weighted by molar-refractivity contribution is 5.87. The van der Waals surface area contributed by atoms with Crippen molar-refractivity contribution in [2.45, 2.75) is 27.2 Å². The zero-order valence-electron chi connectivity index (χ0n) is 8.09. The Hall–Kier alpha value is -1.32. The second kappa shape index (κ2) is 4.07. The van der Waals surface area contributed by atoms with Crippen LogP contribution in [0.15, 0.2) is 4.42 Å². The van der Waals surface area contributed by atoms with Gasteiger partial charge in [0.25, 0.3) is 0 Å². The highest BCUT2D eigenvalue weighted by Crippen LogP contribution is 2.12. The van der Waals surface area contributed by atoms with Crippen molar-refractivity contribution in [3.63, 3.8) is 0 Å². The summed E-state index contributed by atoms with van der Waals surface area (Å²) in [6.07, 6.45) is 0.672. The van der Waals surface area contributed by atoms with Gasteiger partial charge in [0.2, 0.25) is 5.76 Å². The molecule has 0 amide bonds. The minimum Gasteiger partial charge on any atom is -0.460 e. The van der Waals surface area contributed by atoms with Crippen LogP contribution in [0.2, 0.25) is 0 Å². The lowest BCUT2D eigenvalue weighted by molar-refractivity contribution is 0.0487. The molecule has 4 nitrogen and oxygen atoms in total. The lowest BCUT2D eigenvalue weighted by Crippen LogP contribution is -2.05. The van der Waals surface area contributed by atoms with Crippen molar-refractivity contribution < 1.29 is 13.9 Å². The molecule has 0 atom stereocenters. The van der Waals surface area contributed by atoms with Gasteiger partial charge in [0, 0.05) is 6.92 Å². The van der Waals surface area contributed by atoms with Crippen molar-refractivity contribution in [1.29, 1.82) is 0 Å². The Morgan fingerprint density at radius 3 is 2.77 bits per heavy atom. The largest absolute Gasteiger partial charge is 0.460 e. The van der Waals surface area contributed by atoms with E-state index in [9.17, 15) is 4.79 Å². The Balaban J connectivity index is 2.91. The molecule has 1 rings (SSSR count). The molecule has 0 N–H and O–H groups in total. The summed E-state index contributed by atoms with van der Waals surface area (Å²) in [4.78, 5) is 15.3. The van der Waals surface area contributed by atoms with Crippen molar-refractivity contribution in [1.82, 2.24) is 4.98 Å². The summed E-state index contributed by atoms with van der Waals surface area (Å²) >= 11 is 0. The Morgan fingerprint density at radius 2 is 2.23 bits per heavy atom. The summed E-state index contributed by atoms with van der Waals surface area (Å²) in [6.45, 7) is 5.73. The van der Waals surface area contributed by atoms with E-state index in [0.717, 1.165) is 0 Å². The van der Waals surface area contributed by atoms with Crippen molar-refractivity contribution in [2.75, 3.05) is 6.61 Å². The molecule has 1 aromatic rings. The topological polar surface area (TPSA) is 52.3 Å². The van der Waals surface area contributed by atoms with Crippen LogP contribution in [0.5, 0.6) is 0 Å². The SMILES string of the molecule is CCOC(=O)c1oc(C)nc1CC. The summed E-state index contributed by atoms with van der Waals surface area (Å²) in [7, 11) is 0. The quantitative estimate of drug-likeness (QED) is 0.669. The molecule has 0 spiro atoms. The van der Waals surface area contributed by atoms with Crippen molar-refractivity contribution in [2.24, 2.45) is 0 Å². The smallest absolute Gasteiger partial charge is 0.376 e. The molecular weight excluding hydrogens is 170 g/mol. The van der Waals surface area contributed by atoms with E-state index in [4.69, 9.17) is 9.15 Å². The van der Waals surface area contributed by atoms with Crippen LogP contribution in [0, 0.1) is 6.92 Å². The molecule has 72 valence electrons. The first kappa shape index (κ1) is 9.77. The molecular formula is C9H13NO3. The van der Waals surface area contributed by atoms with Gasteiger partial charge in [0.05, 0.1) is 12.3 Å². The number of carbonyl (C=O) groups is 1. The maximum atomic E-state index is 11.3. The number of hydrogen-bond acceptors (Lipinski definition) is 4. The minimum absolute atomic E-state index is 0.238. The zero-order chi connectivity index (χ0) is 9.84. The maximum Gasteiger partial charge on any atom is 0.376 e. The summed E-state index contributed by atoms with van der Waals surface area (Å²) in [6, 6.07) is 0. The van der Waals surface area contributed by atoms with Gasteiger partial charge in [0.15, 0.2) is 5.89 Å². The fraction of sp³-hybridized carbons (Fsp3) is 0.556. The van der Waals surface area contributed by atoms with Gasteiger partial charge >= 0.3 is 5.97 Å². The third-order valence-corrected chi connectivity index (χ3v) is 1.60. The molecule has 0 bridgehead atoms. The van der Waals surface area contributed by atoms with Gasteiger partial charge in [0.1, 0.15) is 0 Å². The van der Waals surface area contributed by atoms with Crippen LogP contribution in [0.4, 0.5) is 0 Å². The molecule has 0 aromatic carbocycles. The Labute approximate surface area is 76.9 Å². The van der Waals surface area contributed by atoms with Crippen LogP contribution in [-0.4, -0.2) is 17.6 Å². The van der Waals surface area contributed by atoms with Gasteiger partial charge in [-0.15, -0.1) is 0 Å². The van der Waals surface area contributed by atoms with Crippen molar-refractivity contribution in [3.05, 3.63) is 17.3 Å². The number of rotatable bonds is 3. The van der Waals surface area contributed by atoms with E-state index in [0.29, 0.717) is 24.6 Å². The van der Waals surface area contributed by atoms with Gasteiger partial charge in [-0.05, 0) is 13.3 Å². The summed E-state index contributed by atoms with van der Waals surface area (Å²) in [5.74, 6) is 0.307. The maximum absolute atomic E-state index is 11.3. The number of hydrogen-bond donors (Lipinski definition) is 0. The van der Waals surface area contributed by atoms with E-state index < -0.39 is 5.97 Å². The number of aryl methyl sites for hydroxylation is 2. The van der Waals surface area contributed by atoms with E-state index >= 15 is 0 Å². The number of nitrogens with zero attached hydrogens (tertiary/aromatic N) is 1. The van der Waals surface area contributed by atoms with Crippen LogP contribution in [0.3, 0.4) is 0 Å². The number of oxazole rings is 1. The fourth-order valence-electron chi connectivity index (χ4n) is 1.07. The van der Waals surface area contributed by atoms with Gasteiger partial charge < -0.3 is 9.15 Å². The van der Waals surface area contributed by atoms with Crippen LogP contribution < -0.4 is 0 Å². The predicted octanol–water partition coefficient (Wildman–Crippen LogP) is 1.72. The molecule has 0 unspecified atom stereocenters. The van der Waals surface area contributed by atoms with Gasteiger partial charge in [-0.3, -0.25) is 0 Å². The number of aromatic nitrogens is 1. The summed E-state index contributed by atoms with van der Waals surface area (Å²) in [5, 5.41) is 0. The second-order valence-electron chi connectivity index (χ2n) is 2.58. The Morgan fingerprint density at radius 1 is 1.54 bits per heavy atom. The van der Waals surface area contributed by atoms with Crippen LogP contribution in [-0.2, 0) is 11.2 Å². The number of carbonyl (C=O) groups excluding carboxylic acids is 1. The summed E-state index contributed by atoms with van der Waals surface area (Å²) in [5.41, 5.74) is 0.663. The molecule has 1 aromatic heterocycles. The molecule has 0 aliphatic carbocycles. The van der Waals surface area contributed by atoms with Crippen LogP contribution >= 0.6 is 0 Å². The second-order valence-corrected chi connectivity index (χ2v) is 2.58. The normalized spacial score (nSPS) is 10.1. The van der Waals surface area contributed by atoms with Gasteiger partial charge in [-0.1, -0.05) is 6.92 Å². The molecule has 0 saturated heterocycles. The molecule has 0 saturated carbocycles. The molecule has 0 fully saturated rings. The third kappa shape index (κ3) is 2.08. The number of ether oxygens (including phenoxy) is 1. The van der Waals surface area contributed by atoms with E-state index in [1.807, 2.05) is 6.92 Å². The van der Waals surface area contributed by atoms with E-state index in [-0.39, 0.29) is 5.76 Å². The van der Waals surface area contributed by atoms with Crippen LogP contribution in [0.1, 0.15) is 36.0 Å². The highest BCUT2D eigenvalue weighted by atomic mass is 16.5. The monoisotopic (exact) mass is 183 g/mol. The molecule has 1 heterocycles. The predicted molar refractivity (Wildman–Crippen MR) is 46.6 cm³/mol. The molecule has 0 aliphatic rings. The van der Waals surface area contributed by atoms with E-state index in [1.54, 1.807) is 13.8 Å². The van der Waals surface area contributed by atoms with E-state index in [2.05, 4.69) is 4.98 Å². The molecule has 4 heteroatoms. The first-order valence-electron chi connectivity index (χ1n) is 4.32. The first-order valence-corrected chi connectivity index (χ1v) is 4.32. The fourth-order valence-corrected chi connectivity index (χ4v) is 1.07. The van der Waals surface area contributed by atoms with Gasteiger partial charge in [-0.25, -0.2) is 9.78 Å². The van der Waals surface area contributed by atoms with Crippen molar-refractivity contribution >= 4 is 5.97 Å². The van der Waals surface area contributed by atoms with Gasteiger partial charge in [-0.2, -0.15) is 0 Å². The Bertz CT molecular complexity index is 304. The van der Waals surface area contributed by atoms with E-state index in [1.165, 1.54) is 0 Å². The lowest BCUT2D eigenvalue weighted by atomic mass is 10.3. The van der Waals surface area contributed by atoms with Crippen molar-refractivity contribution in [3.8, 4) is 0 Å². The lowest BCUT2D eigenvalue weighted by Gasteiger charge is -1.98. The number of esters is 1. The molecule has 13 heavy (non-hydrogen) atoms. The van der Waals surface area contributed by atoms with Crippen LogP contribution in [0.25, 0.3) is 0 Å². The highest BCUT2D eigenvalue weighted by Gasteiger charge is 2.18. The average molecular weight is 183 g/mol. The third-order valence-electron chi connectivity index (χ3n) is 1.60. The standard InChI is InChI=1S/C9H13NO3/c1-4-7-8(9(11)12-5-2)13-6(3)10-7/h4-5H2,1-3H3. The first-order chi connectivity index (χ1) is 6.19. The zero-order valence-corrected chi connectivity index (χ0v) is 8.09.